The van der Waals surface area contributed by atoms with Crippen LogP contribution in [0.5, 0.6) is 10.9 Å². The Labute approximate surface area is 135 Å². The first-order chi connectivity index (χ1) is 10.9. The highest BCUT2D eigenvalue weighted by atomic mass is 32.1. The average molecular weight is 344 g/mol. The Morgan fingerprint density at radius 1 is 1.39 bits per heavy atom. The third-order valence-electron chi connectivity index (χ3n) is 3.03. The van der Waals surface area contributed by atoms with E-state index in [1.807, 2.05) is 0 Å². The van der Waals surface area contributed by atoms with Crippen LogP contribution in [0.15, 0.2) is 35.8 Å². The zero-order chi connectivity index (χ0) is 16.9. The van der Waals surface area contributed by atoms with Crippen LogP contribution < -0.4 is 4.74 Å². The van der Waals surface area contributed by atoms with Crippen LogP contribution in [0.25, 0.3) is 0 Å². The largest absolute Gasteiger partial charge is 0.431 e. The first-order valence-corrected chi connectivity index (χ1v) is 7.80. The molecule has 0 fully saturated rings. The van der Waals surface area contributed by atoms with E-state index >= 15 is 0 Å². The minimum atomic E-state index is -4.29. The van der Waals surface area contributed by atoms with Crippen molar-refractivity contribution in [3.05, 3.63) is 41.4 Å². The number of thiazole rings is 1. The molecule has 0 radical (unpaired) electrons. The smallest absolute Gasteiger partial charge is 0.390 e. The molecule has 0 aliphatic carbocycles. The van der Waals surface area contributed by atoms with Gasteiger partial charge >= 0.3 is 6.18 Å². The Bertz CT molecular complexity index is 644. The zero-order valence-corrected chi connectivity index (χ0v) is 13.2. The predicted octanol–water partition coefficient (Wildman–Crippen LogP) is 4.35. The number of hydrogen-bond acceptors (Lipinski definition) is 4. The highest BCUT2D eigenvalue weighted by Crippen LogP contribution is 2.25. The van der Waals surface area contributed by atoms with Gasteiger partial charge in [-0.25, -0.2) is 4.98 Å². The van der Waals surface area contributed by atoms with Gasteiger partial charge < -0.3 is 9.64 Å². The standard InChI is InChI=1S/C15H15F3N2O2S/c1-2-20(8-6-15(16,17)18)13(21)11-4-3-5-12(10-11)22-14-19-7-9-23-14/h3-5,7,9-10H,2,6,8H2,1H3. The quantitative estimate of drug-likeness (QED) is 0.782. The van der Waals surface area contributed by atoms with Gasteiger partial charge in [0.25, 0.3) is 11.1 Å². The maximum absolute atomic E-state index is 12.3. The summed E-state index contributed by atoms with van der Waals surface area (Å²) in [5, 5.41) is 2.18. The van der Waals surface area contributed by atoms with Gasteiger partial charge in [0.15, 0.2) is 0 Å². The van der Waals surface area contributed by atoms with E-state index in [1.165, 1.54) is 17.4 Å². The average Bonchev–Trinajstić information content (AvgIpc) is 2.99. The molecule has 0 aliphatic rings. The lowest BCUT2D eigenvalue weighted by atomic mass is 10.2. The summed E-state index contributed by atoms with van der Waals surface area (Å²) in [7, 11) is 0. The Balaban J connectivity index is 2.08. The summed E-state index contributed by atoms with van der Waals surface area (Å²) in [6.07, 6.45) is -3.73. The van der Waals surface area contributed by atoms with Crippen molar-refractivity contribution >= 4 is 17.2 Å². The molecule has 0 saturated heterocycles. The van der Waals surface area contributed by atoms with Crippen molar-refractivity contribution in [3.63, 3.8) is 0 Å². The number of carbonyl (C=O) groups is 1. The van der Waals surface area contributed by atoms with Gasteiger partial charge in [0.05, 0.1) is 6.42 Å². The lowest BCUT2D eigenvalue weighted by Crippen LogP contribution is -2.34. The summed E-state index contributed by atoms with van der Waals surface area (Å²) in [5.41, 5.74) is 0.281. The Morgan fingerprint density at radius 2 is 2.17 bits per heavy atom. The first-order valence-electron chi connectivity index (χ1n) is 6.92. The number of amides is 1. The highest BCUT2D eigenvalue weighted by molar-refractivity contribution is 7.11. The molecule has 0 N–H and O–H groups in total. The molecule has 4 nitrogen and oxygen atoms in total. The van der Waals surface area contributed by atoms with Crippen LogP contribution in [-0.4, -0.2) is 35.1 Å². The van der Waals surface area contributed by atoms with Gasteiger partial charge in [0.1, 0.15) is 5.75 Å². The molecular formula is C15H15F3N2O2S. The van der Waals surface area contributed by atoms with Gasteiger partial charge in [-0.05, 0) is 25.1 Å². The summed E-state index contributed by atoms with van der Waals surface area (Å²) < 4.78 is 42.5. The number of benzene rings is 1. The topological polar surface area (TPSA) is 42.4 Å². The number of rotatable bonds is 6. The van der Waals surface area contributed by atoms with Crippen LogP contribution in [0, 0.1) is 0 Å². The van der Waals surface area contributed by atoms with Crippen LogP contribution in [-0.2, 0) is 0 Å². The molecule has 2 aromatic rings. The van der Waals surface area contributed by atoms with Crippen LogP contribution >= 0.6 is 11.3 Å². The first kappa shape index (κ1) is 17.3. The molecule has 2 rings (SSSR count). The van der Waals surface area contributed by atoms with Gasteiger partial charge in [-0.1, -0.05) is 17.4 Å². The summed E-state index contributed by atoms with van der Waals surface area (Å²) in [6.45, 7) is 1.48. The minimum Gasteiger partial charge on any atom is -0.431 e. The molecule has 0 saturated carbocycles. The lowest BCUT2D eigenvalue weighted by Gasteiger charge is -2.21. The molecule has 1 heterocycles. The summed E-state index contributed by atoms with van der Waals surface area (Å²) >= 11 is 1.30. The van der Waals surface area contributed by atoms with Crippen LogP contribution in [0.2, 0.25) is 0 Å². The van der Waals surface area contributed by atoms with Gasteiger partial charge in [0.2, 0.25) is 0 Å². The maximum Gasteiger partial charge on any atom is 0.390 e. The molecule has 124 valence electrons. The predicted molar refractivity (Wildman–Crippen MR) is 80.9 cm³/mol. The van der Waals surface area contributed by atoms with Gasteiger partial charge in [-0.3, -0.25) is 4.79 Å². The van der Waals surface area contributed by atoms with Crippen LogP contribution in [0.3, 0.4) is 0 Å². The molecule has 23 heavy (non-hydrogen) atoms. The number of hydrogen-bond donors (Lipinski definition) is 0. The third kappa shape index (κ3) is 5.24. The molecule has 0 spiro atoms. The Hall–Kier alpha value is -2.09. The molecule has 1 amide bonds. The van der Waals surface area contributed by atoms with Crippen molar-refractivity contribution in [2.45, 2.75) is 19.5 Å². The van der Waals surface area contributed by atoms with Crippen molar-refractivity contribution in [1.29, 1.82) is 0 Å². The van der Waals surface area contributed by atoms with Crippen molar-refractivity contribution < 1.29 is 22.7 Å². The van der Waals surface area contributed by atoms with Gasteiger partial charge in [0, 0.05) is 30.2 Å². The zero-order valence-electron chi connectivity index (χ0n) is 12.3. The number of nitrogens with zero attached hydrogens (tertiary/aromatic N) is 2. The fraction of sp³-hybridized carbons (Fsp3) is 0.333. The van der Waals surface area contributed by atoms with Crippen molar-refractivity contribution in [3.8, 4) is 10.9 Å². The maximum atomic E-state index is 12.3. The van der Waals surface area contributed by atoms with E-state index in [-0.39, 0.29) is 18.7 Å². The van der Waals surface area contributed by atoms with E-state index in [0.717, 1.165) is 4.90 Å². The van der Waals surface area contributed by atoms with Crippen molar-refractivity contribution in [2.24, 2.45) is 0 Å². The summed E-state index contributed by atoms with van der Waals surface area (Å²) in [6, 6.07) is 6.32. The van der Waals surface area contributed by atoms with E-state index in [2.05, 4.69) is 4.98 Å². The second-order valence-electron chi connectivity index (χ2n) is 4.68. The molecule has 1 aromatic heterocycles. The second kappa shape index (κ2) is 7.45. The van der Waals surface area contributed by atoms with Gasteiger partial charge in [-0.2, -0.15) is 13.2 Å². The van der Waals surface area contributed by atoms with E-state index in [4.69, 9.17) is 4.74 Å². The van der Waals surface area contributed by atoms with E-state index in [1.54, 1.807) is 36.7 Å². The van der Waals surface area contributed by atoms with E-state index in [9.17, 15) is 18.0 Å². The third-order valence-corrected chi connectivity index (χ3v) is 3.68. The molecular weight excluding hydrogens is 329 g/mol. The summed E-state index contributed by atoms with van der Waals surface area (Å²) in [4.78, 5) is 17.5. The monoisotopic (exact) mass is 344 g/mol. The number of carbonyl (C=O) groups excluding carboxylic acids is 1. The highest BCUT2D eigenvalue weighted by Gasteiger charge is 2.28. The second-order valence-corrected chi connectivity index (χ2v) is 5.54. The molecule has 0 atom stereocenters. The number of aromatic nitrogens is 1. The van der Waals surface area contributed by atoms with Crippen molar-refractivity contribution in [1.82, 2.24) is 9.88 Å². The Kier molecular flexibility index (Phi) is 5.59. The van der Waals surface area contributed by atoms with Gasteiger partial charge in [-0.15, -0.1) is 0 Å². The van der Waals surface area contributed by atoms with E-state index in [0.29, 0.717) is 10.9 Å². The van der Waals surface area contributed by atoms with Crippen molar-refractivity contribution in [2.75, 3.05) is 13.1 Å². The van der Waals surface area contributed by atoms with Crippen LogP contribution in [0.4, 0.5) is 13.2 Å². The molecule has 0 unspecified atom stereocenters. The number of ether oxygens (including phenoxy) is 1. The number of halogens is 3. The normalized spacial score (nSPS) is 11.3. The Morgan fingerprint density at radius 3 is 2.78 bits per heavy atom. The van der Waals surface area contributed by atoms with Crippen LogP contribution in [0.1, 0.15) is 23.7 Å². The summed E-state index contributed by atoms with van der Waals surface area (Å²) in [5.74, 6) is -0.0426. The van der Waals surface area contributed by atoms with E-state index < -0.39 is 18.5 Å². The fourth-order valence-corrected chi connectivity index (χ4v) is 2.41. The SMILES string of the molecule is CCN(CCC(F)(F)F)C(=O)c1cccc(Oc2nccs2)c1. The molecule has 8 heteroatoms. The minimum absolute atomic E-state index is 0.201. The molecule has 1 aromatic carbocycles. The lowest BCUT2D eigenvalue weighted by molar-refractivity contribution is -0.136. The fourth-order valence-electron chi connectivity index (χ4n) is 1.90. The molecule has 0 aliphatic heterocycles. The molecule has 0 bridgehead atoms. The number of alkyl halides is 3.